The summed E-state index contributed by atoms with van der Waals surface area (Å²) < 4.78 is 17.2. The molecule has 178 valence electrons. The highest BCUT2D eigenvalue weighted by Gasteiger charge is 2.20. The number of rotatable bonds is 12. The van der Waals surface area contributed by atoms with E-state index in [1.54, 1.807) is 20.4 Å². The molecular weight excluding hydrogens is 458 g/mol. The van der Waals surface area contributed by atoms with E-state index in [9.17, 15) is 0 Å². The minimum atomic E-state index is -0.123. The molecule has 0 saturated carbocycles. The second-order valence-corrected chi connectivity index (χ2v) is 9.81. The minimum absolute atomic E-state index is 0.123. The number of methoxy groups -OCH3 is 2. The van der Waals surface area contributed by atoms with Crippen LogP contribution in [0.4, 0.5) is 11.4 Å². The molecule has 0 aliphatic rings. The normalized spacial score (nSPS) is 11.6. The molecular formula is C25H33ClN3O3S+. The predicted octanol–water partition coefficient (Wildman–Crippen LogP) is 5.46. The van der Waals surface area contributed by atoms with E-state index in [2.05, 4.69) is 35.0 Å². The number of hydrogen-bond donors (Lipinski definition) is 0. The molecule has 0 atom stereocenters. The number of benzene rings is 2. The molecule has 0 amide bonds. The number of thiol groups is 1. The largest absolute Gasteiger partial charge is 0.497 e. The molecule has 33 heavy (non-hydrogen) atoms. The minimum Gasteiger partial charge on any atom is -0.497 e. The molecule has 0 unspecified atom stereocenters. The summed E-state index contributed by atoms with van der Waals surface area (Å²) >= 11 is 7.49. The van der Waals surface area contributed by atoms with E-state index in [1.165, 1.54) is 11.8 Å². The van der Waals surface area contributed by atoms with Gasteiger partial charge in [-0.1, -0.05) is 11.6 Å². The second-order valence-electron chi connectivity index (χ2n) is 8.34. The number of halogens is 1. The molecule has 0 aliphatic heterocycles. The Balaban J connectivity index is 1.87. The van der Waals surface area contributed by atoms with Gasteiger partial charge in [0.15, 0.2) is 0 Å². The zero-order valence-electron chi connectivity index (χ0n) is 20.0. The van der Waals surface area contributed by atoms with Crippen LogP contribution in [0.25, 0.3) is 11.0 Å². The lowest BCUT2D eigenvalue weighted by molar-refractivity contribution is -0.0193. The SMILES string of the molecule is COc1cc(OC)cc(N(CCCOC(C)(C)CC[SH+]C)c2ccc3ncc(Cl)nc3c2)c1. The lowest BCUT2D eigenvalue weighted by atomic mass is 10.1. The van der Waals surface area contributed by atoms with Crippen LogP contribution in [0.2, 0.25) is 5.15 Å². The van der Waals surface area contributed by atoms with Gasteiger partial charge in [-0.25, -0.2) is 4.98 Å². The van der Waals surface area contributed by atoms with Crippen LogP contribution in [-0.2, 0) is 16.5 Å². The van der Waals surface area contributed by atoms with Crippen molar-refractivity contribution < 1.29 is 14.2 Å². The first-order valence-electron chi connectivity index (χ1n) is 11.0. The Labute approximate surface area is 205 Å². The standard InChI is InChI=1S/C25H32ClN3O3S/c1-25(2,9-12-33-5)32-11-6-10-29(19-13-20(30-3)16-21(14-19)31-4)18-7-8-22-23(15-18)28-24(26)17-27-22/h7-8,13-17H,6,9-12H2,1-5H3/p+1. The average Bonchev–Trinajstić information content (AvgIpc) is 2.81. The van der Waals surface area contributed by atoms with Gasteiger partial charge in [-0.2, -0.15) is 0 Å². The molecule has 0 saturated heterocycles. The maximum atomic E-state index is 6.21. The Kier molecular flexibility index (Phi) is 9.06. The van der Waals surface area contributed by atoms with Gasteiger partial charge < -0.3 is 19.1 Å². The van der Waals surface area contributed by atoms with E-state index in [4.69, 9.17) is 25.8 Å². The first kappa shape index (κ1) is 25.4. The molecule has 3 rings (SSSR count). The summed E-state index contributed by atoms with van der Waals surface area (Å²) in [5.74, 6) is 2.60. The first-order chi connectivity index (χ1) is 15.8. The van der Waals surface area contributed by atoms with Crippen LogP contribution in [0.3, 0.4) is 0 Å². The summed E-state index contributed by atoms with van der Waals surface area (Å²) in [6, 6.07) is 11.9. The van der Waals surface area contributed by atoms with Crippen LogP contribution >= 0.6 is 11.6 Å². The molecule has 0 N–H and O–H groups in total. The van der Waals surface area contributed by atoms with Crippen molar-refractivity contribution in [3.8, 4) is 11.5 Å². The van der Waals surface area contributed by atoms with E-state index in [0.29, 0.717) is 11.8 Å². The van der Waals surface area contributed by atoms with Crippen LogP contribution in [0.15, 0.2) is 42.6 Å². The van der Waals surface area contributed by atoms with Gasteiger partial charge in [-0.15, -0.1) is 0 Å². The molecule has 3 aromatic rings. The van der Waals surface area contributed by atoms with E-state index in [-0.39, 0.29) is 5.60 Å². The van der Waals surface area contributed by atoms with Gasteiger partial charge in [0, 0.05) is 49.1 Å². The predicted molar refractivity (Wildman–Crippen MR) is 140 cm³/mol. The molecule has 0 aliphatic carbocycles. The number of anilines is 2. The molecule has 1 aromatic heterocycles. The topological polar surface area (TPSA) is 56.7 Å². The Morgan fingerprint density at radius 3 is 2.39 bits per heavy atom. The van der Waals surface area contributed by atoms with Crippen molar-refractivity contribution in [1.82, 2.24) is 9.97 Å². The summed E-state index contributed by atoms with van der Waals surface area (Å²) in [5.41, 5.74) is 3.37. The molecule has 8 heteroatoms. The first-order valence-corrected chi connectivity index (χ1v) is 12.9. The summed E-state index contributed by atoms with van der Waals surface area (Å²) in [7, 11) is 3.31. The molecule has 2 aromatic carbocycles. The van der Waals surface area contributed by atoms with Crippen molar-refractivity contribution in [2.45, 2.75) is 32.3 Å². The monoisotopic (exact) mass is 490 g/mol. The third kappa shape index (κ3) is 7.13. The number of ether oxygens (including phenoxy) is 3. The maximum absolute atomic E-state index is 6.21. The molecule has 0 fully saturated rings. The van der Waals surface area contributed by atoms with Crippen LogP contribution in [-0.4, -0.2) is 54.9 Å². The van der Waals surface area contributed by atoms with Crippen molar-refractivity contribution in [3.63, 3.8) is 0 Å². The molecule has 6 nitrogen and oxygen atoms in total. The van der Waals surface area contributed by atoms with E-state index in [1.807, 2.05) is 36.4 Å². The number of aromatic nitrogens is 2. The van der Waals surface area contributed by atoms with E-state index < -0.39 is 0 Å². The van der Waals surface area contributed by atoms with Gasteiger partial charge in [0.1, 0.15) is 22.4 Å². The third-order valence-corrected chi connectivity index (χ3v) is 6.27. The Morgan fingerprint density at radius 2 is 1.73 bits per heavy atom. The van der Waals surface area contributed by atoms with E-state index >= 15 is 0 Å². The van der Waals surface area contributed by atoms with E-state index in [0.717, 1.165) is 59.0 Å². The number of fused-ring (bicyclic) bond motifs is 1. The lowest BCUT2D eigenvalue weighted by Gasteiger charge is -2.28. The van der Waals surface area contributed by atoms with Crippen molar-refractivity contribution in [3.05, 3.63) is 47.7 Å². The van der Waals surface area contributed by atoms with Gasteiger partial charge >= 0.3 is 0 Å². The fourth-order valence-electron chi connectivity index (χ4n) is 3.53. The van der Waals surface area contributed by atoms with Crippen molar-refractivity contribution in [2.24, 2.45) is 0 Å². The fraction of sp³-hybridized carbons (Fsp3) is 0.440. The number of nitrogens with zero attached hydrogens (tertiary/aromatic N) is 3. The zero-order valence-corrected chi connectivity index (χ0v) is 21.6. The Hall–Kier alpha value is -2.22. The second kappa shape index (κ2) is 11.8. The molecule has 1 heterocycles. The third-order valence-electron chi connectivity index (χ3n) is 5.41. The molecule has 0 bridgehead atoms. The Bertz CT molecular complexity index is 1040. The smallest absolute Gasteiger partial charge is 0.148 e. The van der Waals surface area contributed by atoms with Gasteiger partial charge in [0.25, 0.3) is 0 Å². The maximum Gasteiger partial charge on any atom is 0.148 e. The Morgan fingerprint density at radius 1 is 1.00 bits per heavy atom. The van der Waals surface area contributed by atoms with Crippen LogP contribution in [0.5, 0.6) is 11.5 Å². The average molecular weight is 491 g/mol. The van der Waals surface area contributed by atoms with Gasteiger partial charge in [0.2, 0.25) is 0 Å². The molecule has 0 spiro atoms. The van der Waals surface area contributed by atoms with Crippen molar-refractivity contribution >= 4 is 45.8 Å². The van der Waals surface area contributed by atoms with Gasteiger partial charge in [-0.3, -0.25) is 4.98 Å². The van der Waals surface area contributed by atoms with Gasteiger partial charge in [0.05, 0.1) is 43.3 Å². The van der Waals surface area contributed by atoms with Gasteiger partial charge in [-0.05, 0) is 50.2 Å². The quantitative estimate of drug-likeness (QED) is 0.191. The summed E-state index contributed by atoms with van der Waals surface area (Å²) in [5, 5.41) is 0.372. The van der Waals surface area contributed by atoms with Crippen LogP contribution < -0.4 is 14.4 Å². The summed E-state index contributed by atoms with van der Waals surface area (Å²) in [4.78, 5) is 11.0. The van der Waals surface area contributed by atoms with Crippen molar-refractivity contribution in [2.75, 3.05) is 44.3 Å². The highest BCUT2D eigenvalue weighted by molar-refractivity contribution is 7.77. The number of hydrogen-bond acceptors (Lipinski definition) is 6. The van der Waals surface area contributed by atoms with Crippen LogP contribution in [0.1, 0.15) is 26.7 Å². The summed E-state index contributed by atoms with van der Waals surface area (Å²) in [6.07, 6.45) is 5.64. The lowest BCUT2D eigenvalue weighted by Crippen LogP contribution is -2.28. The molecule has 0 radical (unpaired) electrons. The van der Waals surface area contributed by atoms with Crippen LogP contribution in [0, 0.1) is 0 Å². The fourth-order valence-corrected chi connectivity index (χ4v) is 4.43. The highest BCUT2D eigenvalue weighted by Crippen LogP contribution is 2.34. The zero-order chi connectivity index (χ0) is 23.8. The van der Waals surface area contributed by atoms with Crippen molar-refractivity contribution in [1.29, 1.82) is 0 Å². The summed E-state index contributed by atoms with van der Waals surface area (Å²) in [6.45, 7) is 5.74. The highest BCUT2D eigenvalue weighted by atomic mass is 35.5.